The lowest BCUT2D eigenvalue weighted by molar-refractivity contribution is -0.143. The summed E-state index contributed by atoms with van der Waals surface area (Å²) in [6, 6.07) is 7.68. The minimum atomic E-state index is -0.744. The molecule has 1 saturated heterocycles. The minimum absolute atomic E-state index is 0.188. The summed E-state index contributed by atoms with van der Waals surface area (Å²) in [4.78, 5) is 14.0. The highest BCUT2D eigenvalue weighted by atomic mass is 16.5. The second kappa shape index (κ2) is 5.09. The summed E-state index contributed by atoms with van der Waals surface area (Å²) in [7, 11) is 2.06. The summed E-state index contributed by atoms with van der Waals surface area (Å²) in [5.74, 6) is 0.0478. The molecular formula is C16H21NO3. The lowest BCUT2D eigenvalue weighted by Gasteiger charge is -2.37. The molecule has 4 heteroatoms. The Hall–Kier alpha value is -1.55. The predicted octanol–water partition coefficient (Wildman–Crippen LogP) is 2.28. The first kappa shape index (κ1) is 13.4. The summed E-state index contributed by atoms with van der Waals surface area (Å²) in [5.41, 5.74) is 0.117. The minimum Gasteiger partial charge on any atom is -0.487 e. The Morgan fingerprint density at radius 3 is 2.55 bits per heavy atom. The van der Waals surface area contributed by atoms with Crippen LogP contribution in [0.15, 0.2) is 24.3 Å². The molecule has 2 fully saturated rings. The highest BCUT2D eigenvalue weighted by Gasteiger charge is 2.45. The Labute approximate surface area is 119 Å². The van der Waals surface area contributed by atoms with E-state index in [1.165, 1.54) is 0 Å². The van der Waals surface area contributed by atoms with Gasteiger partial charge >= 0.3 is 5.97 Å². The highest BCUT2D eigenvalue weighted by Crippen LogP contribution is 2.45. The van der Waals surface area contributed by atoms with E-state index >= 15 is 0 Å². The number of ether oxygens (including phenoxy) is 1. The zero-order chi connectivity index (χ0) is 14.2. The van der Waals surface area contributed by atoms with Crippen LogP contribution in [0.4, 0.5) is 0 Å². The fourth-order valence-electron chi connectivity index (χ4n) is 3.44. The number of likely N-dealkylation sites (N-methyl/N-ethyl adjacent to an activating group) is 1. The topological polar surface area (TPSA) is 49.8 Å². The Kier molecular flexibility index (Phi) is 3.42. The van der Waals surface area contributed by atoms with Crippen molar-refractivity contribution in [1.82, 2.24) is 4.90 Å². The van der Waals surface area contributed by atoms with Crippen molar-refractivity contribution < 1.29 is 14.6 Å². The third-order valence-electron chi connectivity index (χ3n) is 4.59. The van der Waals surface area contributed by atoms with Gasteiger partial charge in [0.2, 0.25) is 0 Å². The van der Waals surface area contributed by atoms with Crippen LogP contribution in [0, 0.1) is 0 Å². The Morgan fingerprint density at radius 2 is 1.95 bits per heavy atom. The van der Waals surface area contributed by atoms with Gasteiger partial charge in [-0.25, -0.2) is 0 Å². The molecule has 1 N–H and O–H groups in total. The van der Waals surface area contributed by atoms with Gasteiger partial charge in [-0.05, 0) is 26.0 Å². The maximum atomic E-state index is 11.8. The Morgan fingerprint density at radius 1 is 1.30 bits per heavy atom. The molecule has 3 rings (SSSR count). The molecule has 1 saturated carbocycles. The number of rotatable bonds is 4. The van der Waals surface area contributed by atoms with E-state index in [4.69, 9.17) is 4.74 Å². The second-order valence-corrected chi connectivity index (χ2v) is 6.05. The number of hydrogen-bond acceptors (Lipinski definition) is 3. The van der Waals surface area contributed by atoms with Gasteiger partial charge in [0.25, 0.3) is 0 Å². The molecule has 1 aromatic carbocycles. The molecular weight excluding hydrogens is 254 g/mol. The summed E-state index contributed by atoms with van der Waals surface area (Å²) in [6.07, 6.45) is 3.58. The normalized spacial score (nSPS) is 22.4. The van der Waals surface area contributed by atoms with Crippen LogP contribution in [-0.2, 0) is 10.2 Å². The third kappa shape index (κ3) is 2.18. The number of hydrogen-bond donors (Lipinski definition) is 1. The maximum Gasteiger partial charge on any atom is 0.314 e. The standard InChI is InChI=1S/C16H21NO3/c1-17-10-12(11-17)20-14-7-3-2-6-13(14)16(15(18)19)8-4-5-9-16/h2-3,6-7,12H,4-5,8-11H2,1H3,(H,18,19). The first-order valence-corrected chi connectivity index (χ1v) is 7.30. The average molecular weight is 275 g/mol. The van der Waals surface area contributed by atoms with E-state index in [0.717, 1.165) is 37.2 Å². The molecule has 0 radical (unpaired) electrons. The summed E-state index contributed by atoms with van der Waals surface area (Å²) >= 11 is 0. The van der Waals surface area contributed by atoms with E-state index in [1.54, 1.807) is 0 Å². The van der Waals surface area contributed by atoms with Gasteiger partial charge in [-0.3, -0.25) is 9.69 Å². The van der Waals surface area contributed by atoms with Crippen molar-refractivity contribution in [2.75, 3.05) is 20.1 Å². The summed E-state index contributed by atoms with van der Waals surface area (Å²) in [6.45, 7) is 1.82. The zero-order valence-corrected chi connectivity index (χ0v) is 11.8. The molecule has 0 atom stereocenters. The molecule has 20 heavy (non-hydrogen) atoms. The van der Waals surface area contributed by atoms with Crippen LogP contribution in [-0.4, -0.2) is 42.2 Å². The smallest absolute Gasteiger partial charge is 0.314 e. The van der Waals surface area contributed by atoms with Crippen molar-refractivity contribution >= 4 is 5.97 Å². The van der Waals surface area contributed by atoms with Gasteiger partial charge in [0, 0.05) is 18.7 Å². The quantitative estimate of drug-likeness (QED) is 0.916. The molecule has 1 aliphatic heterocycles. The number of benzene rings is 1. The molecule has 4 nitrogen and oxygen atoms in total. The van der Waals surface area contributed by atoms with Crippen LogP contribution in [0.3, 0.4) is 0 Å². The number of carboxylic acid groups (broad SMARTS) is 1. The molecule has 0 bridgehead atoms. The van der Waals surface area contributed by atoms with Crippen molar-refractivity contribution in [3.63, 3.8) is 0 Å². The van der Waals surface area contributed by atoms with E-state index in [9.17, 15) is 9.90 Å². The second-order valence-electron chi connectivity index (χ2n) is 6.05. The lowest BCUT2D eigenvalue weighted by Crippen LogP contribution is -2.51. The van der Waals surface area contributed by atoms with Crippen LogP contribution in [0.2, 0.25) is 0 Å². The molecule has 1 aliphatic carbocycles. The number of carbonyl (C=O) groups is 1. The van der Waals surface area contributed by atoms with E-state index in [0.29, 0.717) is 12.8 Å². The van der Waals surface area contributed by atoms with Gasteiger partial charge in [0.1, 0.15) is 11.9 Å². The van der Waals surface area contributed by atoms with Crippen molar-refractivity contribution in [2.45, 2.75) is 37.2 Å². The molecule has 2 aliphatic rings. The predicted molar refractivity (Wildman–Crippen MR) is 76.1 cm³/mol. The molecule has 0 amide bonds. The SMILES string of the molecule is CN1CC(Oc2ccccc2C2(C(=O)O)CCCC2)C1. The molecule has 0 aromatic heterocycles. The van der Waals surface area contributed by atoms with Crippen molar-refractivity contribution in [3.8, 4) is 5.75 Å². The largest absolute Gasteiger partial charge is 0.487 e. The van der Waals surface area contributed by atoms with E-state index < -0.39 is 11.4 Å². The first-order valence-electron chi connectivity index (χ1n) is 7.30. The molecule has 1 heterocycles. The van der Waals surface area contributed by atoms with E-state index in [1.807, 2.05) is 24.3 Å². The van der Waals surface area contributed by atoms with E-state index in [-0.39, 0.29) is 6.10 Å². The van der Waals surface area contributed by atoms with Crippen molar-refractivity contribution in [2.24, 2.45) is 0 Å². The van der Waals surface area contributed by atoms with Crippen molar-refractivity contribution in [3.05, 3.63) is 29.8 Å². The summed E-state index contributed by atoms with van der Waals surface area (Å²) < 4.78 is 6.03. The zero-order valence-electron chi connectivity index (χ0n) is 11.8. The van der Waals surface area contributed by atoms with Crippen LogP contribution < -0.4 is 4.74 Å². The molecule has 108 valence electrons. The number of nitrogens with zero attached hydrogens (tertiary/aromatic N) is 1. The van der Waals surface area contributed by atoms with Crippen LogP contribution in [0.5, 0.6) is 5.75 Å². The van der Waals surface area contributed by atoms with Gasteiger partial charge in [-0.1, -0.05) is 31.0 Å². The van der Waals surface area contributed by atoms with Crippen molar-refractivity contribution in [1.29, 1.82) is 0 Å². The number of likely N-dealkylation sites (tertiary alicyclic amines) is 1. The van der Waals surface area contributed by atoms with Crippen LogP contribution in [0.25, 0.3) is 0 Å². The van der Waals surface area contributed by atoms with Gasteiger partial charge in [0.05, 0.1) is 5.41 Å². The fraction of sp³-hybridized carbons (Fsp3) is 0.562. The maximum absolute atomic E-state index is 11.8. The van der Waals surface area contributed by atoms with E-state index in [2.05, 4.69) is 11.9 Å². The number of carboxylic acids is 1. The van der Waals surface area contributed by atoms with Gasteiger partial charge in [-0.2, -0.15) is 0 Å². The van der Waals surface area contributed by atoms with Gasteiger partial charge in [0.15, 0.2) is 0 Å². The number of para-hydroxylation sites is 1. The fourth-order valence-corrected chi connectivity index (χ4v) is 3.44. The van der Waals surface area contributed by atoms with Gasteiger partial charge < -0.3 is 9.84 Å². The Balaban J connectivity index is 1.90. The first-order chi connectivity index (χ1) is 9.62. The van der Waals surface area contributed by atoms with Crippen LogP contribution in [0.1, 0.15) is 31.2 Å². The molecule has 0 spiro atoms. The average Bonchev–Trinajstić information content (AvgIpc) is 2.88. The Bertz CT molecular complexity index is 502. The van der Waals surface area contributed by atoms with Crippen LogP contribution >= 0.6 is 0 Å². The monoisotopic (exact) mass is 275 g/mol. The molecule has 1 aromatic rings. The molecule has 0 unspecified atom stereocenters. The lowest BCUT2D eigenvalue weighted by atomic mass is 9.78. The highest BCUT2D eigenvalue weighted by molar-refractivity contribution is 5.83. The number of aliphatic carboxylic acids is 1. The summed E-state index contributed by atoms with van der Waals surface area (Å²) in [5, 5.41) is 9.73. The third-order valence-corrected chi connectivity index (χ3v) is 4.59. The van der Waals surface area contributed by atoms with Gasteiger partial charge in [-0.15, -0.1) is 0 Å².